The van der Waals surface area contributed by atoms with E-state index in [4.69, 9.17) is 25.1 Å². The number of pyridine rings is 1. The molecule has 0 bridgehead atoms. The standard InChI is InChI=1S/C26H26FN5O.2C2HF3O2/c1-31(18-20-5-2-4-19(14-20)17-28)24-9-12-32(13-10-24)25-16-23(8-11-29-25)30-26(33)21-6-3-7-22(27)15-21;2*3-2(4,5)1(6)7/h2-8,11,14-16,24H,9-10,12-13,18H2,1H3,(H,29,30,33);2*(H,6,7). The third kappa shape index (κ3) is 13.0. The number of rotatable bonds is 6. The van der Waals surface area contributed by atoms with E-state index in [0.717, 1.165) is 43.9 Å². The number of carboxylic acids is 2. The van der Waals surface area contributed by atoms with E-state index in [2.05, 4.69) is 39.3 Å². The number of nitriles is 1. The number of piperidine rings is 1. The fraction of sp³-hybridized carbons (Fsp3) is 0.300. The number of carboxylic acid groups (broad SMARTS) is 2. The highest BCUT2D eigenvalue weighted by atomic mass is 19.4. The van der Waals surface area contributed by atoms with Gasteiger partial charge in [0.25, 0.3) is 5.91 Å². The molecule has 3 aromatic rings. The van der Waals surface area contributed by atoms with E-state index in [1.807, 2.05) is 24.3 Å². The van der Waals surface area contributed by atoms with Crippen molar-refractivity contribution in [3.05, 3.63) is 89.4 Å². The molecule has 17 heteroatoms. The maximum absolute atomic E-state index is 13.4. The first-order chi connectivity index (χ1) is 21.9. The van der Waals surface area contributed by atoms with Gasteiger partial charge in [-0.05, 0) is 61.9 Å². The summed E-state index contributed by atoms with van der Waals surface area (Å²) in [6.45, 7) is 2.53. The van der Waals surface area contributed by atoms with Crippen molar-refractivity contribution in [2.45, 2.75) is 37.8 Å². The highest BCUT2D eigenvalue weighted by Gasteiger charge is 2.38. The van der Waals surface area contributed by atoms with Crippen LogP contribution in [0.15, 0.2) is 66.9 Å². The minimum absolute atomic E-state index is 0.275. The number of aliphatic carboxylic acids is 2. The summed E-state index contributed by atoms with van der Waals surface area (Å²) in [4.78, 5) is 39.3. The number of hydrogen-bond acceptors (Lipinski definition) is 7. The molecule has 47 heavy (non-hydrogen) atoms. The number of anilines is 2. The van der Waals surface area contributed by atoms with Crippen molar-refractivity contribution in [2.24, 2.45) is 0 Å². The lowest BCUT2D eigenvalue weighted by molar-refractivity contribution is -0.193. The zero-order valence-corrected chi connectivity index (χ0v) is 24.5. The van der Waals surface area contributed by atoms with Crippen molar-refractivity contribution in [2.75, 3.05) is 30.4 Å². The summed E-state index contributed by atoms with van der Waals surface area (Å²) in [5, 5.41) is 26.2. The van der Waals surface area contributed by atoms with Crippen molar-refractivity contribution in [1.82, 2.24) is 9.88 Å². The molecule has 1 fully saturated rings. The van der Waals surface area contributed by atoms with Gasteiger partial charge in [-0.15, -0.1) is 0 Å². The third-order valence-electron chi connectivity index (χ3n) is 6.48. The molecule has 0 saturated carbocycles. The van der Waals surface area contributed by atoms with Crippen LogP contribution >= 0.6 is 0 Å². The minimum Gasteiger partial charge on any atom is -0.475 e. The number of nitrogens with one attached hydrogen (secondary N) is 1. The van der Waals surface area contributed by atoms with Gasteiger partial charge in [-0.1, -0.05) is 18.2 Å². The van der Waals surface area contributed by atoms with Crippen molar-refractivity contribution in [3.63, 3.8) is 0 Å². The monoisotopic (exact) mass is 671 g/mol. The molecule has 2 aromatic carbocycles. The first kappa shape index (κ1) is 37.9. The van der Waals surface area contributed by atoms with Gasteiger partial charge in [0, 0.05) is 49.2 Å². The Labute approximate surface area is 263 Å². The lowest BCUT2D eigenvalue weighted by atomic mass is 10.0. The van der Waals surface area contributed by atoms with Gasteiger partial charge in [0.15, 0.2) is 0 Å². The summed E-state index contributed by atoms with van der Waals surface area (Å²) in [5.74, 6) is -5.49. The molecular weight excluding hydrogens is 643 g/mol. The van der Waals surface area contributed by atoms with Crippen LogP contribution in [-0.4, -0.2) is 76.5 Å². The number of benzene rings is 2. The topological polar surface area (TPSA) is 147 Å². The van der Waals surface area contributed by atoms with Crippen LogP contribution in [-0.2, 0) is 16.1 Å². The van der Waals surface area contributed by atoms with Crippen LogP contribution in [0.3, 0.4) is 0 Å². The van der Waals surface area contributed by atoms with Gasteiger partial charge in [-0.2, -0.15) is 31.6 Å². The number of nitrogens with zero attached hydrogens (tertiary/aromatic N) is 4. The maximum Gasteiger partial charge on any atom is 0.490 e. The van der Waals surface area contributed by atoms with E-state index in [0.29, 0.717) is 17.3 Å². The normalized spacial score (nSPS) is 13.3. The Morgan fingerprint density at radius 2 is 1.53 bits per heavy atom. The Hall–Kier alpha value is -5.24. The van der Waals surface area contributed by atoms with Gasteiger partial charge in [0.05, 0.1) is 11.6 Å². The van der Waals surface area contributed by atoms with E-state index >= 15 is 0 Å². The van der Waals surface area contributed by atoms with Crippen molar-refractivity contribution in [1.29, 1.82) is 5.26 Å². The molecule has 1 aliphatic rings. The number of carbonyl (C=O) groups excluding carboxylic acids is 1. The maximum atomic E-state index is 13.4. The number of carbonyl (C=O) groups is 3. The van der Waals surface area contributed by atoms with Crippen molar-refractivity contribution >= 4 is 29.4 Å². The lowest BCUT2D eigenvalue weighted by Crippen LogP contribution is -2.43. The Bertz CT molecular complexity index is 1550. The molecule has 0 atom stereocenters. The molecule has 2 heterocycles. The quantitative estimate of drug-likeness (QED) is 0.281. The van der Waals surface area contributed by atoms with Crippen LogP contribution in [0.2, 0.25) is 0 Å². The average molecular weight is 672 g/mol. The molecule has 0 aliphatic carbocycles. The van der Waals surface area contributed by atoms with Gasteiger partial charge in [0.2, 0.25) is 0 Å². The second-order valence-corrected chi connectivity index (χ2v) is 9.92. The van der Waals surface area contributed by atoms with Gasteiger partial charge in [0.1, 0.15) is 11.6 Å². The van der Waals surface area contributed by atoms with Crippen molar-refractivity contribution in [3.8, 4) is 6.07 Å². The van der Waals surface area contributed by atoms with Crippen molar-refractivity contribution < 1.29 is 55.3 Å². The van der Waals surface area contributed by atoms with E-state index in [-0.39, 0.29) is 11.5 Å². The van der Waals surface area contributed by atoms with E-state index in [1.54, 1.807) is 18.3 Å². The van der Waals surface area contributed by atoms with E-state index < -0.39 is 30.1 Å². The molecule has 0 radical (unpaired) electrons. The van der Waals surface area contributed by atoms with Crippen LogP contribution < -0.4 is 10.2 Å². The fourth-order valence-electron chi connectivity index (χ4n) is 4.19. The Kier molecular flexibility index (Phi) is 13.6. The van der Waals surface area contributed by atoms with Crippen LogP contribution in [0.25, 0.3) is 0 Å². The Balaban J connectivity index is 0.000000459. The minimum atomic E-state index is -5.08. The highest BCUT2D eigenvalue weighted by Crippen LogP contribution is 2.24. The smallest absolute Gasteiger partial charge is 0.475 e. The fourth-order valence-corrected chi connectivity index (χ4v) is 4.19. The van der Waals surface area contributed by atoms with E-state index in [1.165, 1.54) is 18.2 Å². The SMILES string of the molecule is CN(Cc1cccc(C#N)c1)C1CCN(c2cc(NC(=O)c3cccc(F)c3)ccn2)CC1.O=C(O)C(F)(F)F.O=C(O)C(F)(F)F. The third-order valence-corrected chi connectivity index (χ3v) is 6.48. The van der Waals surface area contributed by atoms with Crippen LogP contribution in [0.4, 0.5) is 42.2 Å². The Morgan fingerprint density at radius 1 is 0.957 bits per heavy atom. The predicted octanol–water partition coefficient (Wildman–Crippen LogP) is 5.71. The number of aromatic nitrogens is 1. The first-order valence-corrected chi connectivity index (χ1v) is 13.5. The van der Waals surface area contributed by atoms with Gasteiger partial charge in [-0.25, -0.2) is 19.0 Å². The number of hydrogen-bond donors (Lipinski definition) is 3. The molecule has 10 nitrogen and oxygen atoms in total. The molecule has 1 aromatic heterocycles. The van der Waals surface area contributed by atoms with E-state index in [9.17, 15) is 35.5 Å². The van der Waals surface area contributed by atoms with Crippen LogP contribution in [0.1, 0.15) is 34.3 Å². The molecule has 3 N–H and O–H groups in total. The molecule has 252 valence electrons. The summed E-state index contributed by atoms with van der Waals surface area (Å²) in [6.07, 6.45) is -6.50. The molecule has 1 amide bonds. The largest absolute Gasteiger partial charge is 0.490 e. The first-order valence-electron chi connectivity index (χ1n) is 13.5. The number of amides is 1. The number of alkyl halides is 6. The zero-order valence-electron chi connectivity index (χ0n) is 24.5. The van der Waals surface area contributed by atoms with Gasteiger partial charge in [-0.3, -0.25) is 9.69 Å². The highest BCUT2D eigenvalue weighted by molar-refractivity contribution is 6.04. The summed E-state index contributed by atoms with van der Waals surface area (Å²) < 4.78 is 76.9. The zero-order chi connectivity index (χ0) is 35.4. The Morgan fingerprint density at radius 3 is 2.06 bits per heavy atom. The molecule has 0 spiro atoms. The molecule has 1 aliphatic heterocycles. The summed E-state index contributed by atoms with van der Waals surface area (Å²) in [5.41, 5.74) is 2.73. The van der Waals surface area contributed by atoms with Crippen LogP contribution in [0, 0.1) is 17.1 Å². The summed E-state index contributed by atoms with van der Waals surface area (Å²) in [6, 6.07) is 19.6. The van der Waals surface area contributed by atoms with Crippen LogP contribution in [0.5, 0.6) is 0 Å². The molecule has 4 rings (SSSR count). The molecular formula is C30H28F7N5O5. The second kappa shape index (κ2) is 16.9. The molecule has 0 unspecified atom stereocenters. The second-order valence-electron chi connectivity index (χ2n) is 9.92. The molecule has 1 saturated heterocycles. The van der Waals surface area contributed by atoms with Gasteiger partial charge >= 0.3 is 24.3 Å². The lowest BCUT2D eigenvalue weighted by Gasteiger charge is -2.37. The summed E-state index contributed by atoms with van der Waals surface area (Å²) >= 11 is 0. The predicted molar refractivity (Wildman–Crippen MR) is 154 cm³/mol. The summed E-state index contributed by atoms with van der Waals surface area (Å²) in [7, 11) is 2.13. The average Bonchev–Trinajstić information content (AvgIpc) is 3.01. The number of halogens is 7. The van der Waals surface area contributed by atoms with Gasteiger partial charge < -0.3 is 20.4 Å².